The quantitative estimate of drug-likeness (QED) is 0.784. The molecule has 2 atom stereocenters. The van der Waals surface area contributed by atoms with Gasteiger partial charge in [0.05, 0.1) is 10.9 Å². The van der Waals surface area contributed by atoms with E-state index in [1.54, 1.807) is 0 Å². The summed E-state index contributed by atoms with van der Waals surface area (Å²) in [6.07, 6.45) is 5.42. The van der Waals surface area contributed by atoms with Crippen molar-refractivity contribution in [3.8, 4) is 0 Å². The fourth-order valence-corrected chi connectivity index (χ4v) is 3.65. The van der Waals surface area contributed by atoms with Gasteiger partial charge in [-0.1, -0.05) is 0 Å². The third-order valence-corrected chi connectivity index (χ3v) is 5.41. The van der Waals surface area contributed by atoms with Crippen LogP contribution >= 0.6 is 11.8 Å². The van der Waals surface area contributed by atoms with Crippen molar-refractivity contribution < 1.29 is 9.53 Å². The summed E-state index contributed by atoms with van der Waals surface area (Å²) in [6.45, 7) is 11.0. The molecule has 5 heteroatoms. The van der Waals surface area contributed by atoms with Gasteiger partial charge in [-0.05, 0) is 59.8 Å². The van der Waals surface area contributed by atoms with Crippen molar-refractivity contribution in [3.63, 3.8) is 0 Å². The van der Waals surface area contributed by atoms with E-state index >= 15 is 0 Å². The Balaban J connectivity index is 2.02. The maximum atomic E-state index is 12.3. The Labute approximate surface area is 127 Å². The fourth-order valence-electron chi connectivity index (χ4n) is 3.17. The first kappa shape index (κ1) is 16.0. The van der Waals surface area contributed by atoms with E-state index in [1.165, 1.54) is 6.42 Å². The first-order valence-electron chi connectivity index (χ1n) is 7.55. The molecule has 0 aromatic rings. The second-order valence-corrected chi connectivity index (χ2v) is 8.17. The molecule has 1 spiro atoms. The van der Waals surface area contributed by atoms with Crippen molar-refractivity contribution in [2.24, 2.45) is 0 Å². The van der Waals surface area contributed by atoms with E-state index < -0.39 is 5.60 Å². The van der Waals surface area contributed by atoms with E-state index in [1.807, 2.05) is 37.4 Å². The molecule has 4 nitrogen and oxygen atoms in total. The van der Waals surface area contributed by atoms with Crippen LogP contribution in [0.2, 0.25) is 0 Å². The van der Waals surface area contributed by atoms with Crippen molar-refractivity contribution in [1.82, 2.24) is 9.80 Å². The van der Waals surface area contributed by atoms with E-state index in [4.69, 9.17) is 4.74 Å². The standard InChI is InChI=1S/C15H28N2O2S/c1-12(20-5)16-9-6-7-15(11-16)8-10-17(15)13(18)19-14(2,3)4/h12H,6-11H2,1-5H3. The summed E-state index contributed by atoms with van der Waals surface area (Å²) in [7, 11) is 0. The Bertz CT molecular complexity index is 369. The number of piperidine rings is 1. The molecule has 20 heavy (non-hydrogen) atoms. The Morgan fingerprint density at radius 2 is 2.00 bits per heavy atom. The van der Waals surface area contributed by atoms with Gasteiger partial charge in [-0.25, -0.2) is 4.79 Å². The van der Waals surface area contributed by atoms with Gasteiger partial charge in [0.1, 0.15) is 5.60 Å². The van der Waals surface area contributed by atoms with Crippen LogP contribution in [0.5, 0.6) is 0 Å². The molecule has 2 aliphatic heterocycles. The number of ether oxygens (including phenoxy) is 1. The number of hydrogen-bond acceptors (Lipinski definition) is 4. The topological polar surface area (TPSA) is 32.8 Å². The highest BCUT2D eigenvalue weighted by atomic mass is 32.2. The highest BCUT2D eigenvalue weighted by molar-refractivity contribution is 7.99. The minimum atomic E-state index is -0.408. The number of likely N-dealkylation sites (tertiary alicyclic amines) is 2. The molecule has 2 fully saturated rings. The zero-order chi connectivity index (χ0) is 15.0. The van der Waals surface area contributed by atoms with Gasteiger partial charge in [0.2, 0.25) is 0 Å². The SMILES string of the molecule is CSC(C)N1CCCC2(CCN2C(=O)OC(C)(C)C)C1. The van der Waals surface area contributed by atoms with Crippen molar-refractivity contribution in [3.05, 3.63) is 0 Å². The number of carbonyl (C=O) groups is 1. The number of thioether (sulfide) groups is 1. The summed E-state index contributed by atoms with van der Waals surface area (Å²) < 4.78 is 5.55. The number of hydrogen-bond donors (Lipinski definition) is 0. The van der Waals surface area contributed by atoms with Crippen LogP contribution in [0.3, 0.4) is 0 Å². The van der Waals surface area contributed by atoms with Gasteiger partial charge in [-0.2, -0.15) is 0 Å². The largest absolute Gasteiger partial charge is 0.444 e. The third-order valence-electron chi connectivity index (χ3n) is 4.43. The van der Waals surface area contributed by atoms with Crippen molar-refractivity contribution >= 4 is 17.9 Å². The third kappa shape index (κ3) is 3.25. The normalized spacial score (nSPS) is 29.1. The fraction of sp³-hybridized carbons (Fsp3) is 0.933. The molecule has 2 rings (SSSR count). The summed E-state index contributed by atoms with van der Waals surface area (Å²) in [6, 6.07) is 0. The number of nitrogens with zero attached hydrogens (tertiary/aromatic N) is 2. The minimum absolute atomic E-state index is 0.0323. The number of rotatable bonds is 2. The van der Waals surface area contributed by atoms with Gasteiger partial charge in [0.25, 0.3) is 0 Å². The molecule has 2 aliphatic rings. The lowest BCUT2D eigenvalue weighted by atomic mass is 9.78. The lowest BCUT2D eigenvalue weighted by Gasteiger charge is -2.57. The molecule has 0 saturated carbocycles. The molecule has 2 unspecified atom stereocenters. The molecule has 116 valence electrons. The van der Waals surface area contributed by atoms with Crippen LogP contribution in [0, 0.1) is 0 Å². The molecule has 0 radical (unpaired) electrons. The minimum Gasteiger partial charge on any atom is -0.444 e. The van der Waals surface area contributed by atoms with Crippen LogP contribution in [0.1, 0.15) is 47.0 Å². The summed E-state index contributed by atoms with van der Waals surface area (Å²) in [4.78, 5) is 16.8. The zero-order valence-electron chi connectivity index (χ0n) is 13.4. The summed E-state index contributed by atoms with van der Waals surface area (Å²) in [5.74, 6) is 0. The van der Waals surface area contributed by atoms with Crippen LogP contribution in [-0.4, -0.2) is 58.3 Å². The van der Waals surface area contributed by atoms with Gasteiger partial charge < -0.3 is 9.64 Å². The maximum absolute atomic E-state index is 12.3. The van der Waals surface area contributed by atoms with E-state index in [0.717, 1.165) is 32.5 Å². The number of carbonyl (C=O) groups excluding carboxylic acids is 1. The van der Waals surface area contributed by atoms with E-state index in [9.17, 15) is 4.79 Å². The van der Waals surface area contributed by atoms with Crippen molar-refractivity contribution in [2.45, 2.75) is 63.5 Å². The Hall–Kier alpha value is -0.420. The van der Waals surface area contributed by atoms with Gasteiger partial charge in [-0.15, -0.1) is 11.8 Å². The second-order valence-electron chi connectivity index (χ2n) is 7.02. The van der Waals surface area contributed by atoms with Crippen LogP contribution in [0.4, 0.5) is 4.79 Å². The smallest absolute Gasteiger partial charge is 0.410 e. The van der Waals surface area contributed by atoms with Crippen LogP contribution in [-0.2, 0) is 4.74 Å². The molecular formula is C15H28N2O2S. The molecule has 0 aromatic heterocycles. The lowest BCUT2D eigenvalue weighted by Crippen LogP contribution is -2.69. The van der Waals surface area contributed by atoms with Gasteiger partial charge >= 0.3 is 6.09 Å². The van der Waals surface area contributed by atoms with Crippen molar-refractivity contribution in [1.29, 1.82) is 0 Å². The Morgan fingerprint density at radius 3 is 2.50 bits per heavy atom. The molecule has 1 amide bonds. The average molecular weight is 300 g/mol. The summed E-state index contributed by atoms with van der Waals surface area (Å²) in [5.41, 5.74) is -0.376. The first-order chi connectivity index (χ1) is 9.27. The summed E-state index contributed by atoms with van der Waals surface area (Å²) in [5, 5.41) is 0.522. The van der Waals surface area contributed by atoms with Crippen LogP contribution < -0.4 is 0 Å². The molecular weight excluding hydrogens is 272 g/mol. The van der Waals surface area contributed by atoms with E-state index in [0.29, 0.717) is 5.37 Å². The molecule has 0 N–H and O–H groups in total. The summed E-state index contributed by atoms with van der Waals surface area (Å²) >= 11 is 1.88. The predicted molar refractivity (Wildman–Crippen MR) is 84.1 cm³/mol. The predicted octanol–water partition coefficient (Wildman–Crippen LogP) is 3.17. The molecule has 0 aliphatic carbocycles. The Morgan fingerprint density at radius 1 is 1.30 bits per heavy atom. The molecule has 0 bridgehead atoms. The average Bonchev–Trinajstić information content (AvgIpc) is 2.34. The molecule has 2 saturated heterocycles. The molecule has 0 aromatic carbocycles. The number of amides is 1. The zero-order valence-corrected chi connectivity index (χ0v) is 14.3. The maximum Gasteiger partial charge on any atom is 0.410 e. The first-order valence-corrected chi connectivity index (χ1v) is 8.84. The van der Waals surface area contributed by atoms with E-state index in [-0.39, 0.29) is 11.6 Å². The molecule has 2 heterocycles. The van der Waals surface area contributed by atoms with Gasteiger partial charge in [-0.3, -0.25) is 4.90 Å². The van der Waals surface area contributed by atoms with Crippen LogP contribution in [0.25, 0.3) is 0 Å². The van der Waals surface area contributed by atoms with Gasteiger partial charge in [0, 0.05) is 13.1 Å². The lowest BCUT2D eigenvalue weighted by molar-refractivity contribution is -0.0749. The van der Waals surface area contributed by atoms with Crippen LogP contribution in [0.15, 0.2) is 0 Å². The highest BCUT2D eigenvalue weighted by Crippen LogP contribution is 2.40. The van der Waals surface area contributed by atoms with E-state index in [2.05, 4.69) is 18.1 Å². The monoisotopic (exact) mass is 300 g/mol. The van der Waals surface area contributed by atoms with Gasteiger partial charge in [0.15, 0.2) is 0 Å². The second kappa shape index (κ2) is 5.76. The Kier molecular flexibility index (Phi) is 4.59. The highest BCUT2D eigenvalue weighted by Gasteiger charge is 2.51. The van der Waals surface area contributed by atoms with Crippen molar-refractivity contribution in [2.75, 3.05) is 25.9 Å².